The van der Waals surface area contributed by atoms with Crippen molar-refractivity contribution in [3.63, 3.8) is 0 Å². The Bertz CT molecular complexity index is 1530. The van der Waals surface area contributed by atoms with Crippen molar-refractivity contribution in [3.05, 3.63) is 115 Å². The zero-order valence-electron chi connectivity index (χ0n) is 19.1. The Morgan fingerprint density at radius 1 is 0.676 bits per heavy atom. The molecule has 0 saturated heterocycles. The second-order valence-electron chi connectivity index (χ2n) is 8.52. The van der Waals surface area contributed by atoms with Crippen molar-refractivity contribution in [3.8, 4) is 33.9 Å². The van der Waals surface area contributed by atoms with Crippen molar-refractivity contribution in [2.24, 2.45) is 0 Å². The van der Waals surface area contributed by atoms with Crippen LogP contribution in [0.4, 0.5) is 0 Å². The monoisotopic (exact) mass is 636 g/mol. The van der Waals surface area contributed by atoms with Gasteiger partial charge in [0, 0.05) is 0 Å². The van der Waals surface area contributed by atoms with Crippen LogP contribution in [0.3, 0.4) is 0 Å². The minimum atomic E-state index is -2.47. The molecule has 0 fully saturated rings. The number of rotatable bonds is 4. The van der Waals surface area contributed by atoms with Gasteiger partial charge < -0.3 is 0 Å². The van der Waals surface area contributed by atoms with Crippen molar-refractivity contribution in [2.75, 3.05) is 0 Å². The number of benzene rings is 3. The molecule has 164 valence electrons. The van der Waals surface area contributed by atoms with Gasteiger partial charge in [-0.05, 0) is 0 Å². The number of hydrogen-bond donors (Lipinski definition) is 0. The standard InChI is InChI=1S/C24H17NO.C6H6N.Bi/c1-18-7-5-12-24(25-18)26-23-11-6-10-22(17-23)21-15-13-20(14-16-21)19-8-3-2-4-9-19;1-6-2-4-7-5-3-6;/h2-8,10-13,15-17H,1H3;2-4H,1H3;. The number of fused-ring (bicyclic) bond motifs is 3. The summed E-state index contributed by atoms with van der Waals surface area (Å²) in [4.78, 5) is 9.32. The third kappa shape index (κ3) is 3.93. The Morgan fingerprint density at radius 3 is 2.38 bits per heavy atom. The van der Waals surface area contributed by atoms with E-state index in [1.807, 2.05) is 43.5 Å². The van der Waals surface area contributed by atoms with Gasteiger partial charge in [0.25, 0.3) is 0 Å². The summed E-state index contributed by atoms with van der Waals surface area (Å²) in [6.07, 6.45) is 1.96. The Labute approximate surface area is 207 Å². The van der Waals surface area contributed by atoms with Crippen LogP contribution in [0.2, 0.25) is 0 Å². The molecule has 3 aromatic carbocycles. The quantitative estimate of drug-likeness (QED) is 0.254. The van der Waals surface area contributed by atoms with E-state index in [9.17, 15) is 0 Å². The van der Waals surface area contributed by atoms with Gasteiger partial charge in [0.2, 0.25) is 0 Å². The molecule has 0 bridgehead atoms. The second-order valence-corrected chi connectivity index (χ2v) is 16.7. The van der Waals surface area contributed by atoms with Crippen molar-refractivity contribution < 1.29 is 4.74 Å². The van der Waals surface area contributed by atoms with E-state index in [-0.39, 0.29) is 0 Å². The zero-order chi connectivity index (χ0) is 23.1. The van der Waals surface area contributed by atoms with Crippen LogP contribution >= 0.6 is 0 Å². The van der Waals surface area contributed by atoms with E-state index in [4.69, 9.17) is 9.72 Å². The Kier molecular flexibility index (Phi) is 5.47. The van der Waals surface area contributed by atoms with Crippen molar-refractivity contribution >= 4 is 31.7 Å². The number of nitrogens with zero attached hydrogens (tertiary/aromatic N) is 2. The first kappa shape index (κ1) is 21.2. The van der Waals surface area contributed by atoms with Crippen LogP contribution in [0.15, 0.2) is 103 Å². The number of ether oxygens (including phenoxy) is 1. The van der Waals surface area contributed by atoms with Crippen LogP contribution in [0.25, 0.3) is 22.3 Å². The van der Waals surface area contributed by atoms with E-state index in [1.54, 1.807) is 0 Å². The van der Waals surface area contributed by atoms with Crippen molar-refractivity contribution in [2.45, 2.75) is 13.8 Å². The summed E-state index contributed by atoms with van der Waals surface area (Å²) in [5.74, 6) is 1.40. The maximum atomic E-state index is 6.06. The average molecular weight is 637 g/mol. The predicted molar refractivity (Wildman–Crippen MR) is 140 cm³/mol. The third-order valence-electron chi connectivity index (χ3n) is 6.06. The second kappa shape index (κ2) is 8.78. The van der Waals surface area contributed by atoms with Gasteiger partial charge >= 0.3 is 209 Å². The molecular weight excluding hydrogens is 613 g/mol. The third-order valence-corrected chi connectivity index (χ3v) is 15.5. The first-order chi connectivity index (χ1) is 16.7. The van der Waals surface area contributed by atoms with Gasteiger partial charge in [-0.3, -0.25) is 0 Å². The van der Waals surface area contributed by atoms with E-state index in [0.29, 0.717) is 5.88 Å². The normalized spacial score (nSPS) is 12.3. The van der Waals surface area contributed by atoms with Gasteiger partial charge in [0.1, 0.15) is 0 Å². The molecule has 1 aliphatic heterocycles. The summed E-state index contributed by atoms with van der Waals surface area (Å²) in [5, 5.41) is 0. The fourth-order valence-corrected chi connectivity index (χ4v) is 14.7. The Morgan fingerprint density at radius 2 is 1.50 bits per heavy atom. The average Bonchev–Trinajstić information content (AvgIpc) is 3.18. The summed E-state index contributed by atoms with van der Waals surface area (Å²) >= 11 is -2.47. The molecule has 0 unspecified atom stereocenters. The summed E-state index contributed by atoms with van der Waals surface area (Å²) in [7, 11) is 0. The van der Waals surface area contributed by atoms with Crippen LogP contribution in [0, 0.1) is 13.8 Å². The van der Waals surface area contributed by atoms with Gasteiger partial charge in [-0.2, -0.15) is 0 Å². The molecule has 3 heterocycles. The van der Waals surface area contributed by atoms with Gasteiger partial charge in [-0.25, -0.2) is 0 Å². The van der Waals surface area contributed by atoms with E-state index in [0.717, 1.165) is 17.0 Å². The number of pyridine rings is 2. The summed E-state index contributed by atoms with van der Waals surface area (Å²) in [6.45, 7) is 4.12. The molecule has 0 aliphatic carbocycles. The molecule has 34 heavy (non-hydrogen) atoms. The van der Waals surface area contributed by atoms with Crippen LogP contribution in [0.5, 0.6) is 11.6 Å². The first-order valence-electron chi connectivity index (χ1n) is 11.3. The fraction of sp³-hybridized carbons (Fsp3) is 0.0667. The van der Waals surface area contributed by atoms with Crippen LogP contribution in [-0.4, -0.2) is 31.7 Å². The molecule has 0 radical (unpaired) electrons. The zero-order valence-corrected chi connectivity index (χ0v) is 22.5. The molecule has 0 spiro atoms. The molecule has 4 heteroatoms. The fourth-order valence-electron chi connectivity index (χ4n) is 4.47. The molecule has 1 aliphatic rings. The SMILES string of the molecule is Cc1ccn[c]([Bi]2[c]3ccccc3-c3ccc(-c4cccc(Oc5cccc(C)n5)c4)c[c]32)c1. The number of aryl methyl sites for hydroxylation is 2. The Balaban J connectivity index is 1.42. The summed E-state index contributed by atoms with van der Waals surface area (Å²) in [6, 6.07) is 34.3. The van der Waals surface area contributed by atoms with Crippen molar-refractivity contribution in [1.29, 1.82) is 0 Å². The number of hydrogen-bond acceptors (Lipinski definition) is 3. The molecule has 0 N–H and O–H groups in total. The number of aromatic nitrogens is 2. The molecular formula is C30H23BiN2O. The van der Waals surface area contributed by atoms with Crippen LogP contribution in [0.1, 0.15) is 11.3 Å². The van der Waals surface area contributed by atoms with Gasteiger partial charge in [0.15, 0.2) is 0 Å². The predicted octanol–water partition coefficient (Wildman–Crippen LogP) is 5.05. The molecule has 0 atom stereocenters. The van der Waals surface area contributed by atoms with E-state index >= 15 is 0 Å². The van der Waals surface area contributed by atoms with Crippen molar-refractivity contribution in [1.82, 2.24) is 9.97 Å². The van der Waals surface area contributed by atoms with Crippen LogP contribution in [-0.2, 0) is 0 Å². The minimum absolute atomic E-state index is 0.614. The molecule has 3 nitrogen and oxygen atoms in total. The summed E-state index contributed by atoms with van der Waals surface area (Å²) < 4.78 is 10.4. The molecule has 0 amide bonds. The molecule has 2 aromatic heterocycles. The van der Waals surface area contributed by atoms with Crippen LogP contribution < -0.4 is 14.7 Å². The van der Waals surface area contributed by atoms with E-state index < -0.39 is 21.8 Å². The Hall–Kier alpha value is -3.36. The maximum absolute atomic E-state index is 6.06. The van der Waals surface area contributed by atoms with Gasteiger partial charge in [0.05, 0.1) is 0 Å². The molecule has 0 saturated carbocycles. The molecule has 5 aromatic rings. The summed E-state index contributed by atoms with van der Waals surface area (Å²) in [5.41, 5.74) is 7.32. The van der Waals surface area contributed by atoms with E-state index in [2.05, 4.69) is 78.6 Å². The van der Waals surface area contributed by atoms with Gasteiger partial charge in [-0.15, -0.1) is 0 Å². The van der Waals surface area contributed by atoms with E-state index in [1.165, 1.54) is 32.2 Å². The first-order valence-corrected chi connectivity index (χ1v) is 16.6. The topological polar surface area (TPSA) is 35.0 Å². The molecule has 6 rings (SSSR count). The van der Waals surface area contributed by atoms with Gasteiger partial charge in [-0.1, -0.05) is 0 Å².